The molecule has 0 saturated heterocycles. The molecule has 22 heavy (non-hydrogen) atoms. The first-order valence-electron chi connectivity index (χ1n) is 7.29. The van der Waals surface area contributed by atoms with Crippen molar-refractivity contribution in [3.8, 4) is 17.2 Å². The Bertz CT molecular complexity index is 717. The third kappa shape index (κ3) is 3.42. The number of fused-ring (bicyclic) bond motifs is 1. The molecule has 1 aliphatic rings. The maximum atomic E-state index is 11.6. The molecule has 5 heteroatoms. The third-order valence-electron chi connectivity index (χ3n) is 3.26. The van der Waals surface area contributed by atoms with Crippen molar-refractivity contribution in [2.75, 3.05) is 6.79 Å². The lowest BCUT2D eigenvalue weighted by Gasteiger charge is -2.10. The fourth-order valence-electron chi connectivity index (χ4n) is 2.33. The van der Waals surface area contributed by atoms with E-state index in [1.54, 1.807) is 6.07 Å². The molecule has 2 heterocycles. The van der Waals surface area contributed by atoms with Gasteiger partial charge in [-0.2, -0.15) is 0 Å². The highest BCUT2D eigenvalue weighted by Crippen LogP contribution is 2.32. The second-order valence-corrected chi connectivity index (χ2v) is 5.43. The molecule has 2 aromatic rings. The lowest BCUT2D eigenvalue weighted by molar-refractivity contribution is 0.174. The van der Waals surface area contributed by atoms with Gasteiger partial charge in [-0.3, -0.25) is 0 Å². The molecule has 1 aromatic carbocycles. The van der Waals surface area contributed by atoms with Crippen LogP contribution in [0.4, 0.5) is 0 Å². The van der Waals surface area contributed by atoms with E-state index in [1.807, 2.05) is 32.0 Å². The number of rotatable bonds is 5. The Morgan fingerprint density at radius 3 is 2.73 bits per heavy atom. The maximum Gasteiger partial charge on any atom is 0.339 e. The minimum atomic E-state index is -0.390. The molecule has 3 rings (SSSR count). The van der Waals surface area contributed by atoms with E-state index in [0.717, 1.165) is 23.5 Å². The summed E-state index contributed by atoms with van der Waals surface area (Å²) in [5.41, 5.74) is 0.709. The maximum absolute atomic E-state index is 11.6. The summed E-state index contributed by atoms with van der Waals surface area (Å²) in [7, 11) is 0. The van der Waals surface area contributed by atoms with Crippen LogP contribution in [0.2, 0.25) is 0 Å². The van der Waals surface area contributed by atoms with Crippen LogP contribution in [0.5, 0.6) is 17.2 Å². The van der Waals surface area contributed by atoms with Gasteiger partial charge in [-0.15, -0.1) is 0 Å². The first-order valence-corrected chi connectivity index (χ1v) is 7.29. The molecular weight excluding hydrogens is 284 g/mol. The second-order valence-electron chi connectivity index (χ2n) is 5.43. The van der Waals surface area contributed by atoms with Crippen LogP contribution in [0.3, 0.4) is 0 Å². The minimum Gasteiger partial charge on any atom is -0.491 e. The minimum absolute atomic E-state index is 0.0171. The summed E-state index contributed by atoms with van der Waals surface area (Å²) >= 11 is 0. The van der Waals surface area contributed by atoms with Crippen molar-refractivity contribution < 1.29 is 18.6 Å². The Labute approximate surface area is 128 Å². The fraction of sp³-hybridized carbons (Fsp3) is 0.353. The SMILES string of the molecule is CC(C)Oc1cc(CCc2ccc3c(c2)OCO3)oc(=O)c1. The van der Waals surface area contributed by atoms with Crippen LogP contribution in [0.25, 0.3) is 0 Å². The number of benzene rings is 1. The summed E-state index contributed by atoms with van der Waals surface area (Å²) in [5, 5.41) is 0. The number of hydrogen-bond donors (Lipinski definition) is 0. The number of hydrogen-bond acceptors (Lipinski definition) is 5. The van der Waals surface area contributed by atoms with Crippen molar-refractivity contribution in [2.24, 2.45) is 0 Å². The van der Waals surface area contributed by atoms with Crippen LogP contribution < -0.4 is 19.8 Å². The number of aryl methyl sites for hydroxylation is 2. The lowest BCUT2D eigenvalue weighted by atomic mass is 10.1. The average Bonchev–Trinajstić information content (AvgIpc) is 2.91. The van der Waals surface area contributed by atoms with Gasteiger partial charge >= 0.3 is 5.63 Å². The van der Waals surface area contributed by atoms with E-state index in [9.17, 15) is 4.79 Å². The zero-order valence-corrected chi connectivity index (χ0v) is 12.6. The summed E-state index contributed by atoms with van der Waals surface area (Å²) < 4.78 is 21.4. The van der Waals surface area contributed by atoms with Gasteiger partial charge in [-0.1, -0.05) is 6.07 Å². The van der Waals surface area contributed by atoms with Gasteiger partial charge in [0.2, 0.25) is 6.79 Å². The van der Waals surface area contributed by atoms with E-state index in [0.29, 0.717) is 17.9 Å². The van der Waals surface area contributed by atoms with Gasteiger partial charge in [-0.05, 0) is 38.0 Å². The zero-order valence-electron chi connectivity index (χ0n) is 12.6. The smallest absolute Gasteiger partial charge is 0.339 e. The van der Waals surface area contributed by atoms with Crippen molar-refractivity contribution in [1.29, 1.82) is 0 Å². The van der Waals surface area contributed by atoms with Gasteiger partial charge in [0.15, 0.2) is 11.5 Å². The zero-order chi connectivity index (χ0) is 15.5. The summed E-state index contributed by atoms with van der Waals surface area (Å²) in [6, 6.07) is 8.97. The molecule has 0 amide bonds. The summed E-state index contributed by atoms with van der Waals surface area (Å²) in [4.78, 5) is 11.6. The molecule has 1 aliphatic heterocycles. The van der Waals surface area contributed by atoms with Gasteiger partial charge in [0, 0.05) is 12.5 Å². The van der Waals surface area contributed by atoms with E-state index >= 15 is 0 Å². The molecule has 0 N–H and O–H groups in total. The van der Waals surface area contributed by atoms with E-state index in [-0.39, 0.29) is 18.5 Å². The quantitative estimate of drug-likeness (QED) is 0.850. The van der Waals surface area contributed by atoms with Crippen molar-refractivity contribution in [1.82, 2.24) is 0 Å². The van der Waals surface area contributed by atoms with Crippen LogP contribution in [0, 0.1) is 0 Å². The molecule has 5 nitrogen and oxygen atoms in total. The molecule has 0 bridgehead atoms. The summed E-state index contributed by atoms with van der Waals surface area (Å²) in [5.74, 6) is 2.69. The van der Waals surface area contributed by atoms with Crippen LogP contribution in [0.15, 0.2) is 39.5 Å². The highest BCUT2D eigenvalue weighted by Gasteiger charge is 2.13. The molecule has 0 aliphatic carbocycles. The predicted octanol–water partition coefficient (Wildman–Crippen LogP) is 2.94. The molecule has 0 unspecified atom stereocenters. The van der Waals surface area contributed by atoms with E-state index in [2.05, 4.69) is 0 Å². The second kappa shape index (κ2) is 6.13. The molecular formula is C17H18O5. The highest BCUT2D eigenvalue weighted by atomic mass is 16.7. The predicted molar refractivity (Wildman–Crippen MR) is 80.7 cm³/mol. The van der Waals surface area contributed by atoms with Crippen molar-refractivity contribution >= 4 is 0 Å². The Kier molecular flexibility index (Phi) is 4.04. The Balaban J connectivity index is 1.71. The van der Waals surface area contributed by atoms with Crippen molar-refractivity contribution in [3.05, 3.63) is 52.1 Å². The van der Waals surface area contributed by atoms with E-state index in [4.69, 9.17) is 18.6 Å². The van der Waals surface area contributed by atoms with Crippen LogP contribution in [-0.4, -0.2) is 12.9 Å². The van der Waals surface area contributed by atoms with Gasteiger partial charge < -0.3 is 18.6 Å². The summed E-state index contributed by atoms with van der Waals surface area (Å²) in [6.07, 6.45) is 1.37. The first-order chi connectivity index (χ1) is 10.6. The highest BCUT2D eigenvalue weighted by molar-refractivity contribution is 5.44. The topological polar surface area (TPSA) is 57.9 Å². The van der Waals surface area contributed by atoms with Gasteiger partial charge in [-0.25, -0.2) is 4.79 Å². The van der Waals surface area contributed by atoms with Gasteiger partial charge in [0.05, 0.1) is 12.2 Å². The van der Waals surface area contributed by atoms with Crippen molar-refractivity contribution in [2.45, 2.75) is 32.8 Å². The van der Waals surface area contributed by atoms with Gasteiger partial charge in [0.25, 0.3) is 0 Å². The van der Waals surface area contributed by atoms with E-state index in [1.165, 1.54) is 6.07 Å². The normalized spacial score (nSPS) is 12.7. The molecule has 0 spiro atoms. The Morgan fingerprint density at radius 1 is 1.09 bits per heavy atom. The molecule has 1 aromatic heterocycles. The Hall–Kier alpha value is -2.43. The van der Waals surface area contributed by atoms with Crippen LogP contribution in [0.1, 0.15) is 25.2 Å². The standard InChI is InChI=1S/C17H18O5/c1-11(2)21-14-8-13(22-17(18)9-14)5-3-12-4-6-15-16(7-12)20-10-19-15/h4,6-9,11H,3,5,10H2,1-2H3. The average molecular weight is 302 g/mol. The van der Waals surface area contributed by atoms with Crippen LogP contribution in [-0.2, 0) is 12.8 Å². The lowest BCUT2D eigenvalue weighted by Crippen LogP contribution is -2.09. The Morgan fingerprint density at radius 2 is 1.91 bits per heavy atom. The van der Waals surface area contributed by atoms with Gasteiger partial charge in [0.1, 0.15) is 11.5 Å². The molecule has 0 atom stereocenters. The molecule has 0 saturated carbocycles. The van der Waals surface area contributed by atoms with Crippen LogP contribution >= 0.6 is 0 Å². The van der Waals surface area contributed by atoms with E-state index < -0.39 is 0 Å². The fourth-order valence-corrected chi connectivity index (χ4v) is 2.33. The monoisotopic (exact) mass is 302 g/mol. The number of ether oxygens (including phenoxy) is 3. The third-order valence-corrected chi connectivity index (χ3v) is 3.26. The first kappa shape index (κ1) is 14.5. The molecule has 116 valence electrons. The van der Waals surface area contributed by atoms with Crippen molar-refractivity contribution in [3.63, 3.8) is 0 Å². The largest absolute Gasteiger partial charge is 0.491 e. The molecule has 0 fully saturated rings. The molecule has 0 radical (unpaired) electrons. The summed E-state index contributed by atoms with van der Waals surface area (Å²) in [6.45, 7) is 4.10.